The van der Waals surface area contributed by atoms with Crippen molar-refractivity contribution in [2.45, 2.75) is 12.8 Å². The Morgan fingerprint density at radius 3 is 2.62 bits per heavy atom. The third-order valence-electron chi connectivity index (χ3n) is 1.29. The predicted molar refractivity (Wildman–Crippen MR) is 48.3 cm³/mol. The number of aliphatic hydroxyl groups excluding tert-OH is 1. The number of carbonyl (C=O) groups is 1. The van der Waals surface area contributed by atoms with Gasteiger partial charge < -0.3 is 14.6 Å². The summed E-state index contributed by atoms with van der Waals surface area (Å²) in [6.07, 6.45) is 2.45. The van der Waals surface area contributed by atoms with Crippen LogP contribution in [0, 0.1) is 0 Å². The first-order chi connectivity index (χ1) is 6.31. The molecule has 0 unspecified atom stereocenters. The minimum atomic E-state index is -0.407. The fraction of sp³-hybridized carbons (Fsp3) is 0.667. The molecule has 0 aliphatic rings. The second-order valence-electron chi connectivity index (χ2n) is 2.41. The Bertz CT molecular complexity index is 145. The third-order valence-corrected chi connectivity index (χ3v) is 1.29. The highest BCUT2D eigenvalue weighted by Gasteiger charge is 1.94. The molecule has 0 saturated heterocycles. The van der Waals surface area contributed by atoms with Crippen molar-refractivity contribution < 1.29 is 19.4 Å². The molecule has 0 heterocycles. The predicted octanol–water partition coefficient (Wildman–Crippen LogP) is 0.505. The Morgan fingerprint density at radius 1 is 1.31 bits per heavy atom. The van der Waals surface area contributed by atoms with Crippen molar-refractivity contribution >= 4 is 5.97 Å². The van der Waals surface area contributed by atoms with Crippen LogP contribution in [0.1, 0.15) is 12.8 Å². The average molecular weight is 188 g/mol. The first-order valence-electron chi connectivity index (χ1n) is 4.29. The standard InChI is InChI=1S/C9H16O4/c1-2-9(11)13-8-4-7-12-6-3-5-10/h2,10H,1,3-8H2. The number of aliphatic hydroxyl groups is 1. The van der Waals surface area contributed by atoms with Crippen LogP contribution in [0.3, 0.4) is 0 Å². The molecule has 0 fully saturated rings. The Balaban J connectivity index is 2.99. The molecular formula is C9H16O4. The lowest BCUT2D eigenvalue weighted by molar-refractivity contribution is -0.138. The molecule has 1 N–H and O–H groups in total. The molecule has 0 aliphatic heterocycles. The van der Waals surface area contributed by atoms with Crippen molar-refractivity contribution in [2.75, 3.05) is 26.4 Å². The maximum absolute atomic E-state index is 10.5. The van der Waals surface area contributed by atoms with Crippen molar-refractivity contribution in [3.05, 3.63) is 12.7 Å². The second-order valence-corrected chi connectivity index (χ2v) is 2.41. The lowest BCUT2D eigenvalue weighted by atomic mass is 10.4. The number of hydrogen-bond donors (Lipinski definition) is 1. The average Bonchev–Trinajstić information content (AvgIpc) is 2.16. The summed E-state index contributed by atoms with van der Waals surface area (Å²) in [4.78, 5) is 10.5. The quantitative estimate of drug-likeness (QED) is 0.342. The Kier molecular flexibility index (Phi) is 8.60. The molecule has 4 heteroatoms. The van der Waals surface area contributed by atoms with Gasteiger partial charge in [0, 0.05) is 32.3 Å². The van der Waals surface area contributed by atoms with E-state index in [0.29, 0.717) is 32.7 Å². The van der Waals surface area contributed by atoms with Gasteiger partial charge in [-0.15, -0.1) is 0 Å². The van der Waals surface area contributed by atoms with Crippen molar-refractivity contribution in [2.24, 2.45) is 0 Å². The molecule has 0 aliphatic carbocycles. The van der Waals surface area contributed by atoms with Gasteiger partial charge in [-0.25, -0.2) is 4.79 Å². The normalized spacial score (nSPS) is 9.62. The summed E-state index contributed by atoms with van der Waals surface area (Å²) in [5.74, 6) is -0.407. The molecule has 13 heavy (non-hydrogen) atoms. The van der Waals surface area contributed by atoms with Crippen LogP contribution in [-0.2, 0) is 14.3 Å². The summed E-state index contributed by atoms with van der Waals surface area (Å²) in [7, 11) is 0. The van der Waals surface area contributed by atoms with E-state index in [9.17, 15) is 4.79 Å². The first kappa shape index (κ1) is 12.1. The molecule has 0 spiro atoms. The monoisotopic (exact) mass is 188 g/mol. The van der Waals surface area contributed by atoms with E-state index in [1.54, 1.807) is 0 Å². The zero-order chi connectivity index (χ0) is 9.94. The molecule has 0 atom stereocenters. The van der Waals surface area contributed by atoms with Crippen molar-refractivity contribution in [1.82, 2.24) is 0 Å². The number of esters is 1. The SMILES string of the molecule is C=CC(=O)OCCCOCCCO. The Labute approximate surface area is 78.2 Å². The van der Waals surface area contributed by atoms with E-state index in [1.165, 1.54) is 0 Å². The number of carbonyl (C=O) groups excluding carboxylic acids is 1. The van der Waals surface area contributed by atoms with Gasteiger partial charge in [-0.05, 0) is 6.42 Å². The summed E-state index contributed by atoms with van der Waals surface area (Å²) in [6.45, 7) is 4.86. The summed E-state index contributed by atoms with van der Waals surface area (Å²) in [6, 6.07) is 0. The lowest BCUT2D eigenvalue weighted by Gasteiger charge is -2.03. The van der Waals surface area contributed by atoms with E-state index in [2.05, 4.69) is 6.58 Å². The van der Waals surface area contributed by atoms with Crippen LogP contribution in [-0.4, -0.2) is 37.5 Å². The molecular weight excluding hydrogens is 172 g/mol. The van der Waals surface area contributed by atoms with Crippen LogP contribution in [0.25, 0.3) is 0 Å². The van der Waals surface area contributed by atoms with Crippen LogP contribution >= 0.6 is 0 Å². The summed E-state index contributed by atoms with van der Waals surface area (Å²) in [5.41, 5.74) is 0. The van der Waals surface area contributed by atoms with Crippen molar-refractivity contribution in [3.8, 4) is 0 Å². The third kappa shape index (κ3) is 9.04. The van der Waals surface area contributed by atoms with Crippen LogP contribution in [0.2, 0.25) is 0 Å². The van der Waals surface area contributed by atoms with Gasteiger partial charge in [0.15, 0.2) is 0 Å². The van der Waals surface area contributed by atoms with Crippen LogP contribution in [0.5, 0.6) is 0 Å². The highest BCUT2D eigenvalue weighted by molar-refractivity contribution is 5.81. The van der Waals surface area contributed by atoms with Crippen molar-refractivity contribution in [1.29, 1.82) is 0 Å². The molecule has 0 radical (unpaired) electrons. The first-order valence-corrected chi connectivity index (χ1v) is 4.29. The Morgan fingerprint density at radius 2 is 2.00 bits per heavy atom. The maximum Gasteiger partial charge on any atom is 0.330 e. The topological polar surface area (TPSA) is 55.8 Å². The highest BCUT2D eigenvalue weighted by atomic mass is 16.5. The van der Waals surface area contributed by atoms with E-state index < -0.39 is 5.97 Å². The Hall–Kier alpha value is -0.870. The van der Waals surface area contributed by atoms with E-state index in [0.717, 1.165) is 6.08 Å². The van der Waals surface area contributed by atoms with Gasteiger partial charge in [-0.2, -0.15) is 0 Å². The zero-order valence-electron chi connectivity index (χ0n) is 7.70. The maximum atomic E-state index is 10.5. The summed E-state index contributed by atoms with van der Waals surface area (Å²) in [5, 5.41) is 8.41. The smallest absolute Gasteiger partial charge is 0.330 e. The summed E-state index contributed by atoms with van der Waals surface area (Å²) >= 11 is 0. The van der Waals surface area contributed by atoms with E-state index in [1.807, 2.05) is 0 Å². The molecule has 0 aromatic heterocycles. The lowest BCUT2D eigenvalue weighted by Crippen LogP contribution is -2.06. The van der Waals surface area contributed by atoms with E-state index in [4.69, 9.17) is 14.6 Å². The van der Waals surface area contributed by atoms with Gasteiger partial charge in [-0.1, -0.05) is 6.58 Å². The zero-order valence-corrected chi connectivity index (χ0v) is 7.70. The molecule has 0 saturated carbocycles. The van der Waals surface area contributed by atoms with Gasteiger partial charge in [-0.3, -0.25) is 0 Å². The fourth-order valence-corrected chi connectivity index (χ4v) is 0.661. The fourth-order valence-electron chi connectivity index (χ4n) is 0.661. The van der Waals surface area contributed by atoms with E-state index >= 15 is 0 Å². The molecule has 4 nitrogen and oxygen atoms in total. The molecule has 76 valence electrons. The minimum Gasteiger partial charge on any atom is -0.462 e. The molecule has 0 rings (SSSR count). The molecule has 0 bridgehead atoms. The largest absolute Gasteiger partial charge is 0.462 e. The minimum absolute atomic E-state index is 0.144. The van der Waals surface area contributed by atoms with Gasteiger partial charge in [0.05, 0.1) is 6.61 Å². The van der Waals surface area contributed by atoms with Gasteiger partial charge in [0.2, 0.25) is 0 Å². The molecule has 0 aromatic carbocycles. The molecule has 0 amide bonds. The van der Waals surface area contributed by atoms with Gasteiger partial charge in [0.1, 0.15) is 0 Å². The molecule has 0 aromatic rings. The van der Waals surface area contributed by atoms with Gasteiger partial charge >= 0.3 is 5.97 Å². The second kappa shape index (κ2) is 9.22. The van der Waals surface area contributed by atoms with Crippen LogP contribution in [0.4, 0.5) is 0 Å². The van der Waals surface area contributed by atoms with Crippen LogP contribution < -0.4 is 0 Å². The number of rotatable bonds is 8. The van der Waals surface area contributed by atoms with E-state index in [-0.39, 0.29) is 6.61 Å². The number of hydrogen-bond acceptors (Lipinski definition) is 4. The number of ether oxygens (including phenoxy) is 2. The van der Waals surface area contributed by atoms with Gasteiger partial charge in [0.25, 0.3) is 0 Å². The highest BCUT2D eigenvalue weighted by Crippen LogP contribution is 1.88. The summed E-state index contributed by atoms with van der Waals surface area (Å²) < 4.78 is 9.82. The van der Waals surface area contributed by atoms with Crippen LogP contribution in [0.15, 0.2) is 12.7 Å². The van der Waals surface area contributed by atoms with Crippen molar-refractivity contribution in [3.63, 3.8) is 0 Å².